The molecule has 4 bridgehead atoms. The highest BCUT2D eigenvalue weighted by Crippen LogP contribution is 2.57. The van der Waals surface area contributed by atoms with Gasteiger partial charge in [0.15, 0.2) is 0 Å². The van der Waals surface area contributed by atoms with Crippen LogP contribution in [0.1, 0.15) is 38.5 Å². The normalized spacial score (nSPS) is 39.8. The molecule has 21 heavy (non-hydrogen) atoms. The predicted octanol–water partition coefficient (Wildman–Crippen LogP) is 2.06. The standard InChI is InChI=1S/C13H18F3NO3S/c14-13(15,16)21(19,20)17-12(18)6-11-9-2-7-1-8(4-9)5-10(11)3-7/h7-11H,1-6H2,(H,17,18)/p-1. The van der Waals surface area contributed by atoms with E-state index < -0.39 is 21.4 Å². The molecule has 4 rings (SSSR count). The number of halogens is 3. The molecule has 0 spiro atoms. The number of nitrogens with zero attached hydrogens (tertiary/aromatic N) is 1. The minimum Gasteiger partial charge on any atom is -0.861 e. The summed E-state index contributed by atoms with van der Waals surface area (Å²) < 4.78 is 60.9. The molecule has 0 amide bonds. The zero-order chi connectivity index (χ0) is 15.4. The molecule has 0 unspecified atom stereocenters. The summed E-state index contributed by atoms with van der Waals surface area (Å²) in [6, 6.07) is 0. The van der Waals surface area contributed by atoms with Gasteiger partial charge in [-0.15, -0.1) is 0 Å². The van der Waals surface area contributed by atoms with E-state index in [9.17, 15) is 26.7 Å². The molecule has 4 aliphatic rings. The van der Waals surface area contributed by atoms with E-state index in [1.807, 2.05) is 0 Å². The zero-order valence-corrected chi connectivity index (χ0v) is 12.2. The maximum atomic E-state index is 12.2. The Morgan fingerprint density at radius 2 is 1.52 bits per heavy atom. The Bertz CT molecular complexity index is 527. The Morgan fingerprint density at radius 3 is 1.95 bits per heavy atom. The number of hydrogen-bond acceptors (Lipinski definition) is 3. The Hall–Kier alpha value is -0.790. The van der Waals surface area contributed by atoms with Gasteiger partial charge >= 0.3 is 15.5 Å². The molecule has 0 heterocycles. The molecule has 120 valence electrons. The van der Waals surface area contributed by atoms with Gasteiger partial charge in [-0.05, 0) is 74.0 Å². The first-order chi connectivity index (χ1) is 9.65. The van der Waals surface area contributed by atoms with Gasteiger partial charge in [-0.1, -0.05) is 0 Å². The minimum absolute atomic E-state index is 0.0116. The van der Waals surface area contributed by atoms with Gasteiger partial charge in [-0.2, -0.15) is 26.0 Å². The summed E-state index contributed by atoms with van der Waals surface area (Å²) in [6.07, 6.45) is 5.17. The average Bonchev–Trinajstić information content (AvgIpc) is 2.30. The van der Waals surface area contributed by atoms with Crippen molar-refractivity contribution in [1.29, 1.82) is 0 Å². The van der Waals surface area contributed by atoms with Gasteiger partial charge in [0.1, 0.15) is 0 Å². The van der Waals surface area contributed by atoms with Crippen LogP contribution >= 0.6 is 0 Å². The minimum atomic E-state index is -5.70. The van der Waals surface area contributed by atoms with Crippen LogP contribution in [-0.4, -0.2) is 19.8 Å². The SMILES string of the molecule is O=S(=O)(/N=C(\[O-])CC1C2CC3CC(C2)CC1C3)C(F)(F)F. The zero-order valence-electron chi connectivity index (χ0n) is 11.3. The van der Waals surface area contributed by atoms with Crippen LogP contribution in [0, 0.1) is 29.6 Å². The highest BCUT2D eigenvalue weighted by Gasteiger charge is 2.48. The lowest BCUT2D eigenvalue weighted by Gasteiger charge is -2.55. The molecule has 8 heteroatoms. The molecule has 4 nitrogen and oxygen atoms in total. The van der Waals surface area contributed by atoms with E-state index in [4.69, 9.17) is 0 Å². The van der Waals surface area contributed by atoms with Crippen LogP contribution in [-0.2, 0) is 10.0 Å². The maximum Gasteiger partial charge on any atom is 0.518 e. The van der Waals surface area contributed by atoms with E-state index >= 15 is 0 Å². The molecule has 0 aromatic heterocycles. The molecule has 4 fully saturated rings. The molecule has 0 radical (unpaired) electrons. The first-order valence-electron chi connectivity index (χ1n) is 7.23. The maximum absolute atomic E-state index is 12.2. The Labute approximate surface area is 121 Å². The smallest absolute Gasteiger partial charge is 0.518 e. The van der Waals surface area contributed by atoms with Crippen LogP contribution in [0.2, 0.25) is 0 Å². The van der Waals surface area contributed by atoms with E-state index in [-0.39, 0.29) is 12.3 Å². The predicted molar refractivity (Wildman–Crippen MR) is 67.6 cm³/mol. The van der Waals surface area contributed by atoms with E-state index in [0.717, 1.165) is 25.7 Å². The number of rotatable bonds is 3. The first-order valence-corrected chi connectivity index (χ1v) is 8.67. The summed E-state index contributed by atoms with van der Waals surface area (Å²) in [4.78, 5) is 0. The summed E-state index contributed by atoms with van der Waals surface area (Å²) in [7, 11) is -5.70. The van der Waals surface area contributed by atoms with Crippen molar-refractivity contribution in [2.24, 2.45) is 34.0 Å². The van der Waals surface area contributed by atoms with Gasteiger partial charge < -0.3 is 5.11 Å². The molecule has 0 aliphatic heterocycles. The molecule has 0 aromatic rings. The fourth-order valence-electron chi connectivity index (χ4n) is 4.80. The summed E-state index contributed by atoms with van der Waals surface area (Å²) in [6.45, 7) is 0. The van der Waals surface area contributed by atoms with Crippen molar-refractivity contribution >= 4 is 15.9 Å². The van der Waals surface area contributed by atoms with Gasteiger partial charge in [0.05, 0.1) is 0 Å². The number of hydrogen-bond donors (Lipinski definition) is 0. The lowest BCUT2D eigenvalue weighted by Crippen LogP contribution is -2.46. The average molecular weight is 324 g/mol. The van der Waals surface area contributed by atoms with Crippen LogP contribution in [0.15, 0.2) is 4.40 Å². The topological polar surface area (TPSA) is 69.6 Å². The van der Waals surface area contributed by atoms with Crippen LogP contribution in [0.5, 0.6) is 0 Å². The highest BCUT2D eigenvalue weighted by molar-refractivity contribution is 7.91. The van der Waals surface area contributed by atoms with Gasteiger partial charge in [0, 0.05) is 0 Å². The molecular weight excluding hydrogens is 307 g/mol. The summed E-state index contributed by atoms with van der Waals surface area (Å²) in [5.74, 6) is 0.953. The Kier molecular flexibility index (Phi) is 3.50. The van der Waals surface area contributed by atoms with Gasteiger partial charge in [-0.25, -0.2) is 0 Å². The quantitative estimate of drug-likeness (QED) is 0.589. The lowest BCUT2D eigenvalue weighted by molar-refractivity contribution is -0.221. The third kappa shape index (κ3) is 2.78. The Morgan fingerprint density at radius 1 is 1.05 bits per heavy atom. The summed E-state index contributed by atoms with van der Waals surface area (Å²) >= 11 is 0. The van der Waals surface area contributed by atoms with E-state index in [2.05, 4.69) is 4.40 Å². The molecule has 0 atom stereocenters. The number of sulfonamides is 1. The fraction of sp³-hybridized carbons (Fsp3) is 0.923. The van der Waals surface area contributed by atoms with Crippen molar-refractivity contribution in [1.82, 2.24) is 0 Å². The van der Waals surface area contributed by atoms with E-state index in [1.54, 1.807) is 0 Å². The molecule has 0 saturated heterocycles. The second-order valence-corrected chi connectivity index (χ2v) is 8.30. The molecule has 4 saturated carbocycles. The van der Waals surface area contributed by atoms with Gasteiger partial charge in [0.2, 0.25) is 0 Å². The van der Waals surface area contributed by atoms with Crippen LogP contribution < -0.4 is 5.11 Å². The first kappa shape index (κ1) is 15.1. The van der Waals surface area contributed by atoms with Crippen LogP contribution in [0.3, 0.4) is 0 Å². The van der Waals surface area contributed by atoms with Crippen molar-refractivity contribution in [3.8, 4) is 0 Å². The highest BCUT2D eigenvalue weighted by atomic mass is 32.2. The van der Waals surface area contributed by atoms with Crippen molar-refractivity contribution in [3.63, 3.8) is 0 Å². The fourth-order valence-corrected chi connectivity index (χ4v) is 5.24. The molecule has 0 aromatic carbocycles. The third-order valence-electron chi connectivity index (χ3n) is 5.35. The summed E-state index contributed by atoms with van der Waals surface area (Å²) in [5, 5.41) is 11.7. The van der Waals surface area contributed by atoms with Gasteiger partial charge in [0.25, 0.3) is 0 Å². The van der Waals surface area contributed by atoms with E-state index in [1.165, 1.54) is 6.42 Å². The second-order valence-electron chi connectivity index (χ2n) is 6.70. The largest absolute Gasteiger partial charge is 0.861 e. The van der Waals surface area contributed by atoms with Gasteiger partial charge in [-0.3, -0.25) is 0 Å². The molecular formula is C13H17F3NO3S-. The lowest BCUT2D eigenvalue weighted by atomic mass is 9.51. The van der Waals surface area contributed by atoms with Crippen LogP contribution in [0.25, 0.3) is 0 Å². The number of alkyl halides is 3. The van der Waals surface area contributed by atoms with Crippen molar-refractivity contribution in [2.45, 2.75) is 44.0 Å². The van der Waals surface area contributed by atoms with E-state index in [0.29, 0.717) is 23.7 Å². The Balaban J connectivity index is 1.72. The third-order valence-corrected chi connectivity index (χ3v) is 6.38. The van der Waals surface area contributed by atoms with Crippen molar-refractivity contribution in [3.05, 3.63) is 0 Å². The monoisotopic (exact) mass is 324 g/mol. The molecule has 4 aliphatic carbocycles. The van der Waals surface area contributed by atoms with Crippen molar-refractivity contribution in [2.75, 3.05) is 0 Å². The van der Waals surface area contributed by atoms with Crippen molar-refractivity contribution < 1.29 is 26.7 Å². The second kappa shape index (κ2) is 4.86. The molecule has 0 N–H and O–H groups in total. The van der Waals surface area contributed by atoms with Crippen LogP contribution in [0.4, 0.5) is 13.2 Å². The summed E-state index contributed by atoms with van der Waals surface area (Å²) in [5.41, 5.74) is -5.49.